The molecule has 0 spiro atoms. The molecule has 412 valence electrons. The minimum Gasteiger partial charge on any atom is -0.496 e. The number of nitrogens with one attached hydrogen (secondary N) is 5. The van der Waals surface area contributed by atoms with Crippen LogP contribution in [0.3, 0.4) is 0 Å². The molecule has 24 nitrogen and oxygen atoms in total. The third-order valence-corrected chi connectivity index (χ3v) is 14.3. The molecular formula is C47H75BrN8O16S. The molecule has 1 aromatic rings. The summed E-state index contributed by atoms with van der Waals surface area (Å²) in [5.74, 6) is -8.75. The molecule has 7 amide bonds. The van der Waals surface area contributed by atoms with Gasteiger partial charge in [-0.05, 0) is 97.0 Å². The van der Waals surface area contributed by atoms with E-state index in [9.17, 15) is 47.1 Å². The zero-order valence-corrected chi connectivity index (χ0v) is 45.6. The van der Waals surface area contributed by atoms with Crippen molar-refractivity contribution in [1.29, 1.82) is 0 Å². The molecule has 3 rings (SSSR count). The monoisotopic (exact) mass is 1120 g/mol. The van der Waals surface area contributed by atoms with Crippen molar-refractivity contribution < 1.29 is 74.8 Å². The summed E-state index contributed by atoms with van der Waals surface area (Å²) in [6.45, 7) is 10.5. The Balaban J connectivity index is 2.27. The van der Waals surface area contributed by atoms with E-state index >= 15 is 4.79 Å². The first kappa shape index (κ1) is 62.3. The molecular weight excluding hydrogens is 1040 g/mol. The van der Waals surface area contributed by atoms with Gasteiger partial charge in [-0.2, -0.15) is 8.42 Å². The van der Waals surface area contributed by atoms with Crippen LogP contribution < -0.4 is 37.1 Å². The average molecular weight is 1120 g/mol. The lowest BCUT2D eigenvalue weighted by atomic mass is 9.91. The molecule has 2 aliphatic heterocycles. The van der Waals surface area contributed by atoms with E-state index < -0.39 is 143 Å². The molecule has 0 aliphatic carbocycles. The Morgan fingerprint density at radius 3 is 2.15 bits per heavy atom. The zero-order chi connectivity index (χ0) is 55.1. The molecule has 9 N–H and O–H groups in total. The SMILES string of the molecule is CC[C@@H](C)[C@H]1C(=O)N(C)[C@@H](Cc2ccc(OC)c(Br)c2)C(=O)N[C@@H]([C@@H](C)CC)C(=O)O[C@H](C)[C@H](NC(=O)[C@@H](NC(=O)[C@@H](COS(=O)(=O)O)OC)C(C)C)C(=O)N[C@@H](CCCCN)C(=O)N[C@H]2CC[C@@H](O)N1C2=O. The van der Waals surface area contributed by atoms with E-state index in [0.717, 1.165) is 12.0 Å². The standard InChI is InChI=1S/C47H75BrN8O16S/c1-11-25(5)37-47(65)72-27(7)38(54-43(61)36(24(3)4)52-42(60)34(70-10)23-71-73(66,67)68)44(62)50-30(15-13-14-20-49)40(58)51-31-17-19-35(57)56(45(31)63)39(26(6)12-2)46(64)55(8)32(41(59)53-37)22-28-16-18-33(69-9)29(48)21-28/h16,18,21,24-27,30-32,34-39,57H,11-15,17,19-20,22-23,49H2,1-10H3,(H,50,62)(H,51,58)(H,52,60)(H,53,59)(H,54,61)(H,66,67,68)/t25-,26+,27+,30-,31-,32-,34+,35+,36-,37-,38-,39-/m0/s1. The van der Waals surface area contributed by atoms with Gasteiger partial charge in [0, 0.05) is 20.6 Å². The lowest BCUT2D eigenvalue weighted by Gasteiger charge is -2.44. The fraction of sp³-hybridized carbons (Fsp3) is 0.702. The van der Waals surface area contributed by atoms with Crippen molar-refractivity contribution in [1.82, 2.24) is 36.4 Å². The molecule has 2 aliphatic rings. The van der Waals surface area contributed by atoms with Crippen molar-refractivity contribution in [3.63, 3.8) is 0 Å². The van der Waals surface area contributed by atoms with Crippen molar-refractivity contribution in [3.05, 3.63) is 28.2 Å². The Labute approximate surface area is 435 Å². The molecule has 2 bridgehead atoms. The molecule has 0 saturated carbocycles. The van der Waals surface area contributed by atoms with Gasteiger partial charge in [-0.1, -0.05) is 60.5 Å². The Morgan fingerprint density at radius 2 is 1.59 bits per heavy atom. The summed E-state index contributed by atoms with van der Waals surface area (Å²) in [6.07, 6.45) is -3.62. The van der Waals surface area contributed by atoms with E-state index in [1.54, 1.807) is 45.9 Å². The number of nitrogens with zero attached hydrogens (tertiary/aromatic N) is 2. The van der Waals surface area contributed by atoms with Crippen LogP contribution in [0.2, 0.25) is 0 Å². The maximum absolute atomic E-state index is 15.0. The maximum atomic E-state index is 15.0. The number of carbonyl (C=O) groups excluding carboxylic acids is 8. The Kier molecular flexibility index (Phi) is 24.4. The van der Waals surface area contributed by atoms with E-state index in [4.69, 9.17) is 24.5 Å². The molecule has 2 fully saturated rings. The fourth-order valence-corrected chi connectivity index (χ4v) is 9.29. The van der Waals surface area contributed by atoms with Crippen molar-refractivity contribution in [2.24, 2.45) is 23.5 Å². The fourth-order valence-electron chi connectivity index (χ4n) is 8.41. The van der Waals surface area contributed by atoms with Gasteiger partial charge in [0.1, 0.15) is 67.0 Å². The van der Waals surface area contributed by atoms with Crippen LogP contribution in [0, 0.1) is 17.8 Å². The molecule has 0 aromatic heterocycles. The predicted molar refractivity (Wildman–Crippen MR) is 267 cm³/mol. The minimum absolute atomic E-state index is 0.0291. The Hall–Kier alpha value is -4.99. The predicted octanol–water partition coefficient (Wildman–Crippen LogP) is 0.218. The first-order valence-electron chi connectivity index (χ1n) is 24.4. The molecule has 2 saturated heterocycles. The van der Waals surface area contributed by atoms with Crippen molar-refractivity contribution >= 4 is 73.6 Å². The summed E-state index contributed by atoms with van der Waals surface area (Å²) >= 11 is 3.47. The van der Waals surface area contributed by atoms with E-state index in [0.29, 0.717) is 41.5 Å². The lowest BCUT2D eigenvalue weighted by Crippen LogP contribution is -2.66. The van der Waals surface area contributed by atoms with Crippen LogP contribution in [0.5, 0.6) is 5.75 Å². The van der Waals surface area contributed by atoms with E-state index in [-0.39, 0.29) is 32.2 Å². The third-order valence-electron chi connectivity index (χ3n) is 13.3. The third kappa shape index (κ3) is 17.3. The topological polar surface area (TPSA) is 341 Å². The second-order valence-electron chi connectivity index (χ2n) is 18.8. The number of hydrogen-bond donors (Lipinski definition) is 8. The second-order valence-corrected chi connectivity index (χ2v) is 20.8. The van der Waals surface area contributed by atoms with Crippen LogP contribution in [0.25, 0.3) is 0 Å². The van der Waals surface area contributed by atoms with Crippen molar-refractivity contribution in [3.8, 4) is 5.75 Å². The molecule has 1 aromatic carbocycles. The highest BCUT2D eigenvalue weighted by molar-refractivity contribution is 9.10. The number of nitrogens with two attached hydrogens (primary N) is 1. The van der Waals surface area contributed by atoms with Crippen LogP contribution in [-0.4, -0.2) is 170 Å². The highest BCUT2D eigenvalue weighted by Gasteiger charge is 2.47. The number of halogens is 1. The highest BCUT2D eigenvalue weighted by atomic mass is 79.9. The summed E-state index contributed by atoms with van der Waals surface area (Å²) in [7, 11) is -1.08. The molecule has 73 heavy (non-hydrogen) atoms. The van der Waals surface area contributed by atoms with E-state index in [2.05, 4.69) is 46.7 Å². The van der Waals surface area contributed by atoms with Gasteiger partial charge in [-0.3, -0.25) is 38.1 Å². The van der Waals surface area contributed by atoms with Gasteiger partial charge in [0.2, 0.25) is 35.4 Å². The van der Waals surface area contributed by atoms with Crippen molar-refractivity contribution in [2.45, 2.75) is 161 Å². The number of methoxy groups -OCH3 is 2. The van der Waals surface area contributed by atoms with Crippen LogP contribution >= 0.6 is 15.9 Å². The van der Waals surface area contributed by atoms with Gasteiger partial charge in [-0.25, -0.2) is 8.98 Å². The summed E-state index contributed by atoms with van der Waals surface area (Å²) in [5, 5.41) is 24.6. The lowest BCUT2D eigenvalue weighted by molar-refractivity contribution is -0.168. The molecule has 0 radical (unpaired) electrons. The van der Waals surface area contributed by atoms with Crippen molar-refractivity contribution in [2.75, 3.05) is 34.4 Å². The van der Waals surface area contributed by atoms with Crippen LogP contribution in [0.1, 0.15) is 99.0 Å². The Morgan fingerprint density at radius 1 is 0.932 bits per heavy atom. The summed E-state index contributed by atoms with van der Waals surface area (Å²) in [4.78, 5) is 118. The minimum atomic E-state index is -4.99. The number of esters is 1. The van der Waals surface area contributed by atoms with Gasteiger partial charge in [0.25, 0.3) is 5.91 Å². The van der Waals surface area contributed by atoms with Crippen LogP contribution in [0.15, 0.2) is 22.7 Å². The number of cyclic esters (lactones) is 1. The Bertz CT molecular complexity index is 2220. The smallest absolute Gasteiger partial charge is 0.397 e. The number of likely N-dealkylation sites (N-methyl/N-ethyl adjacent to an activating group) is 1. The number of ether oxygens (including phenoxy) is 3. The normalized spacial score (nSPS) is 25.7. The van der Waals surface area contributed by atoms with Crippen LogP contribution in [0.4, 0.5) is 0 Å². The summed E-state index contributed by atoms with van der Waals surface area (Å²) < 4.78 is 52.8. The number of aliphatic hydroxyl groups excluding tert-OH is 1. The molecule has 26 heteroatoms. The number of rotatable bonds is 20. The highest BCUT2D eigenvalue weighted by Crippen LogP contribution is 2.30. The number of hydrogen-bond acceptors (Lipinski definition) is 16. The van der Waals surface area contributed by atoms with E-state index in [1.807, 2.05) is 0 Å². The first-order chi connectivity index (χ1) is 34.2. The first-order valence-corrected chi connectivity index (χ1v) is 26.6. The number of fused-ring (bicyclic) bond motifs is 2. The van der Waals surface area contributed by atoms with Gasteiger partial charge in [-0.15, -0.1) is 0 Å². The number of carbonyl (C=O) groups is 8. The molecule has 0 unspecified atom stereocenters. The number of piperidine rings is 1. The quantitative estimate of drug-likeness (QED) is 0.0492. The largest absolute Gasteiger partial charge is 0.496 e. The molecule has 2 heterocycles. The second kappa shape index (κ2) is 28.6. The van der Waals surface area contributed by atoms with Gasteiger partial charge < -0.3 is 61.4 Å². The maximum Gasteiger partial charge on any atom is 0.397 e. The van der Waals surface area contributed by atoms with E-state index in [1.165, 1.54) is 39.8 Å². The van der Waals surface area contributed by atoms with Crippen LogP contribution in [-0.2, 0) is 68.8 Å². The van der Waals surface area contributed by atoms with Gasteiger partial charge >= 0.3 is 16.4 Å². The number of aliphatic hydroxyl groups is 1. The summed E-state index contributed by atoms with van der Waals surface area (Å²) in [6, 6.07) is -5.08. The zero-order valence-electron chi connectivity index (χ0n) is 43.2. The molecule has 12 atom stereocenters. The number of amides is 7. The number of benzene rings is 1. The number of unbranched alkanes of at least 4 members (excludes halogenated alkanes) is 1. The summed E-state index contributed by atoms with van der Waals surface area (Å²) in [5.41, 5.74) is 6.34. The van der Waals surface area contributed by atoms with Gasteiger partial charge in [0.05, 0.1) is 11.6 Å². The average Bonchev–Trinajstić information content (AvgIpc) is 3.33. The van der Waals surface area contributed by atoms with Gasteiger partial charge in [0.15, 0.2) is 6.10 Å².